The smallest absolute Gasteiger partial charge is 0.269 e. The number of thiol groups is 1. The summed E-state index contributed by atoms with van der Waals surface area (Å²) in [7, 11) is 1.60. The summed E-state index contributed by atoms with van der Waals surface area (Å²) in [4.78, 5) is 21.1. The molecule has 0 saturated heterocycles. The van der Waals surface area contributed by atoms with Crippen molar-refractivity contribution in [1.29, 1.82) is 0 Å². The Morgan fingerprint density at radius 1 is 0.628 bits per heavy atom. The van der Waals surface area contributed by atoms with E-state index in [2.05, 4.69) is 12.6 Å². The highest BCUT2D eigenvalue weighted by molar-refractivity contribution is 7.80. The Hall–Kier alpha value is -4.11. The lowest BCUT2D eigenvalue weighted by atomic mass is 10.0. The lowest BCUT2D eigenvalue weighted by molar-refractivity contribution is -0.385. The first kappa shape index (κ1) is 33.4. The zero-order valence-corrected chi connectivity index (χ0v) is 25.5. The zero-order valence-electron chi connectivity index (χ0n) is 24.7. The summed E-state index contributed by atoms with van der Waals surface area (Å²) in [6, 6.07) is 16.5. The highest BCUT2D eigenvalue weighted by Crippen LogP contribution is 2.32. The fraction of sp³-hybridized carbons (Fsp3) is 0.353. The van der Waals surface area contributed by atoms with Crippen molar-refractivity contribution >= 4 is 48.3 Å². The van der Waals surface area contributed by atoms with Gasteiger partial charge in [0, 0.05) is 35.4 Å². The molecule has 3 aromatic carbocycles. The molecule has 0 atom stereocenters. The minimum Gasteiger partial charge on any atom is -0.496 e. The quantitative estimate of drug-likeness (QED) is 0.0480. The fourth-order valence-electron chi connectivity index (χ4n) is 4.57. The van der Waals surface area contributed by atoms with E-state index >= 15 is 0 Å². The highest BCUT2D eigenvalue weighted by Gasteiger charge is 2.10. The van der Waals surface area contributed by atoms with E-state index in [0.717, 1.165) is 40.8 Å². The second kappa shape index (κ2) is 18.4. The maximum absolute atomic E-state index is 11.0. The van der Waals surface area contributed by atoms with E-state index < -0.39 is 9.85 Å². The lowest BCUT2D eigenvalue weighted by Crippen LogP contribution is -2.00. The van der Waals surface area contributed by atoms with Crippen LogP contribution in [-0.2, 0) is 0 Å². The molecule has 0 fully saturated rings. The molecule has 0 bridgehead atoms. The molecule has 0 N–H and O–H groups in total. The number of unbranched alkanes of at least 4 members (excludes halogenated alkanes) is 8. The van der Waals surface area contributed by atoms with Crippen LogP contribution in [0.15, 0.2) is 60.7 Å². The maximum Gasteiger partial charge on any atom is 0.269 e. The molecule has 3 aromatic rings. The SMILES string of the molecule is COc1cc(C=Cc2ccc([N+](=O)[O-])cc2)c(OCCCCCCCCCCCS)cc1C=Cc1ccc([N+](=O)[O-])cc1. The van der Waals surface area contributed by atoms with Crippen LogP contribution >= 0.6 is 12.6 Å². The molecule has 0 aliphatic carbocycles. The first-order valence-corrected chi connectivity index (χ1v) is 15.4. The molecular weight excluding hydrogens is 564 g/mol. The maximum atomic E-state index is 11.0. The van der Waals surface area contributed by atoms with Crippen molar-refractivity contribution in [2.45, 2.75) is 57.8 Å². The van der Waals surface area contributed by atoms with Crippen molar-refractivity contribution < 1.29 is 19.3 Å². The molecule has 0 spiro atoms. The van der Waals surface area contributed by atoms with Gasteiger partial charge in [0.15, 0.2) is 0 Å². The van der Waals surface area contributed by atoms with Gasteiger partial charge >= 0.3 is 0 Å². The van der Waals surface area contributed by atoms with Crippen LogP contribution in [0, 0.1) is 20.2 Å². The zero-order chi connectivity index (χ0) is 30.9. The van der Waals surface area contributed by atoms with Gasteiger partial charge in [0.25, 0.3) is 11.4 Å². The average molecular weight is 605 g/mol. The topological polar surface area (TPSA) is 105 Å². The molecule has 228 valence electrons. The van der Waals surface area contributed by atoms with Crippen LogP contribution in [-0.4, -0.2) is 29.3 Å². The third-order valence-electron chi connectivity index (χ3n) is 7.04. The Balaban J connectivity index is 1.72. The summed E-state index contributed by atoms with van der Waals surface area (Å²) >= 11 is 4.27. The van der Waals surface area contributed by atoms with Gasteiger partial charge in [-0.1, -0.05) is 69.2 Å². The van der Waals surface area contributed by atoms with Gasteiger partial charge in [-0.2, -0.15) is 12.6 Å². The molecule has 9 heteroatoms. The normalized spacial score (nSPS) is 11.3. The van der Waals surface area contributed by atoms with Crippen LogP contribution in [0.3, 0.4) is 0 Å². The fourth-order valence-corrected chi connectivity index (χ4v) is 4.80. The minimum atomic E-state index is -0.421. The molecule has 0 aliphatic heterocycles. The van der Waals surface area contributed by atoms with Crippen LogP contribution in [0.5, 0.6) is 11.5 Å². The first-order valence-electron chi connectivity index (χ1n) is 14.7. The Bertz CT molecular complexity index is 1370. The van der Waals surface area contributed by atoms with Crippen molar-refractivity contribution in [3.63, 3.8) is 0 Å². The predicted octanol–water partition coefficient (Wildman–Crippen LogP) is 9.67. The summed E-state index contributed by atoms with van der Waals surface area (Å²) in [5.74, 6) is 2.31. The van der Waals surface area contributed by atoms with Crippen molar-refractivity contribution in [3.8, 4) is 11.5 Å². The minimum absolute atomic E-state index is 0.0406. The van der Waals surface area contributed by atoms with Crippen LogP contribution in [0.1, 0.15) is 80.0 Å². The third kappa shape index (κ3) is 11.6. The Morgan fingerprint density at radius 3 is 1.49 bits per heavy atom. The van der Waals surface area contributed by atoms with E-state index in [1.54, 1.807) is 31.4 Å². The standard InChI is InChI=1S/C34H40N2O6S/c1-41-33-25-30(18-12-28-15-21-32(22-16-28)36(39)40)34(42-23-9-7-5-3-2-4-6-8-10-24-43)26-29(33)17-11-27-13-19-31(20-14-27)35(37)38/h11-22,25-26,43H,2-10,23-24H2,1H3. The van der Waals surface area contributed by atoms with Gasteiger partial charge in [0.05, 0.1) is 23.6 Å². The number of non-ortho nitro benzene ring substituents is 2. The van der Waals surface area contributed by atoms with Crippen molar-refractivity contribution in [2.24, 2.45) is 0 Å². The first-order chi connectivity index (χ1) is 20.9. The Morgan fingerprint density at radius 2 is 1.05 bits per heavy atom. The molecule has 0 aliphatic rings. The van der Waals surface area contributed by atoms with E-state index in [1.807, 2.05) is 36.4 Å². The van der Waals surface area contributed by atoms with Crippen molar-refractivity contribution in [1.82, 2.24) is 0 Å². The van der Waals surface area contributed by atoms with Crippen LogP contribution in [0.2, 0.25) is 0 Å². The second-order valence-corrected chi connectivity index (χ2v) is 10.7. The van der Waals surface area contributed by atoms with Gasteiger partial charge in [-0.25, -0.2) is 0 Å². The highest BCUT2D eigenvalue weighted by atomic mass is 32.1. The largest absolute Gasteiger partial charge is 0.496 e. The van der Waals surface area contributed by atoms with E-state index in [9.17, 15) is 20.2 Å². The van der Waals surface area contributed by atoms with Crippen LogP contribution < -0.4 is 9.47 Å². The predicted molar refractivity (Wildman–Crippen MR) is 178 cm³/mol. The molecule has 0 heterocycles. The van der Waals surface area contributed by atoms with Gasteiger partial charge in [0.1, 0.15) is 11.5 Å². The van der Waals surface area contributed by atoms with E-state index in [-0.39, 0.29) is 11.4 Å². The number of ether oxygens (including phenoxy) is 2. The number of hydrogen-bond donors (Lipinski definition) is 1. The van der Waals surface area contributed by atoms with Gasteiger partial charge in [-0.15, -0.1) is 0 Å². The number of nitro groups is 2. The van der Waals surface area contributed by atoms with Crippen molar-refractivity contribution in [2.75, 3.05) is 19.5 Å². The molecule has 0 amide bonds. The summed E-state index contributed by atoms with van der Waals surface area (Å²) in [5, 5.41) is 22.0. The van der Waals surface area contributed by atoms with E-state index in [4.69, 9.17) is 9.47 Å². The van der Waals surface area contributed by atoms with E-state index in [0.29, 0.717) is 18.1 Å². The molecule has 8 nitrogen and oxygen atoms in total. The molecule has 43 heavy (non-hydrogen) atoms. The van der Waals surface area contributed by atoms with Gasteiger partial charge < -0.3 is 9.47 Å². The lowest BCUT2D eigenvalue weighted by Gasteiger charge is -2.14. The average Bonchev–Trinajstić information content (AvgIpc) is 3.02. The van der Waals surface area contributed by atoms with Gasteiger partial charge in [-0.05, 0) is 66.1 Å². The molecule has 0 aromatic heterocycles. The monoisotopic (exact) mass is 604 g/mol. The summed E-state index contributed by atoms with van der Waals surface area (Å²) in [6.07, 6.45) is 18.4. The summed E-state index contributed by atoms with van der Waals surface area (Å²) in [5.41, 5.74) is 3.35. The Kier molecular flexibility index (Phi) is 14.3. The number of benzene rings is 3. The van der Waals surface area contributed by atoms with Crippen LogP contribution in [0.4, 0.5) is 11.4 Å². The molecule has 3 rings (SSSR count). The molecule has 0 saturated carbocycles. The molecule has 0 unspecified atom stereocenters. The number of methoxy groups -OCH3 is 1. The number of nitro benzene ring substituents is 2. The van der Waals surface area contributed by atoms with Crippen LogP contribution in [0.25, 0.3) is 24.3 Å². The molecule has 0 radical (unpaired) electrons. The number of nitrogens with zero attached hydrogens (tertiary/aromatic N) is 2. The summed E-state index contributed by atoms with van der Waals surface area (Å²) in [6.45, 7) is 0.581. The number of hydrogen-bond acceptors (Lipinski definition) is 7. The third-order valence-corrected chi connectivity index (χ3v) is 7.36. The van der Waals surface area contributed by atoms with Gasteiger partial charge in [0.2, 0.25) is 0 Å². The number of rotatable bonds is 19. The Labute approximate surface area is 259 Å². The summed E-state index contributed by atoms with van der Waals surface area (Å²) < 4.78 is 11.9. The van der Waals surface area contributed by atoms with Crippen molar-refractivity contribution in [3.05, 3.63) is 103 Å². The van der Waals surface area contributed by atoms with E-state index in [1.165, 1.54) is 69.2 Å². The van der Waals surface area contributed by atoms with Gasteiger partial charge in [-0.3, -0.25) is 20.2 Å². The molecular formula is C34H40N2O6S. The second-order valence-electron chi connectivity index (χ2n) is 10.2.